The summed E-state index contributed by atoms with van der Waals surface area (Å²) in [4.78, 5) is 36.9. The Labute approximate surface area is 194 Å². The quantitative estimate of drug-likeness (QED) is 0.307. The number of hydrogen-bond acceptors (Lipinski definition) is 6. The van der Waals surface area contributed by atoms with E-state index < -0.39 is 23.9 Å². The van der Waals surface area contributed by atoms with Crippen LogP contribution < -0.4 is 27.4 Å². The molecule has 1 aromatic heterocycles. The Morgan fingerprint density at radius 1 is 1.03 bits per heavy atom. The van der Waals surface area contributed by atoms with Gasteiger partial charge in [-0.1, -0.05) is 42.5 Å². The Morgan fingerprint density at radius 3 is 2.27 bits per heavy atom. The molecule has 10 heteroatoms. The minimum absolute atomic E-state index is 0.186. The van der Waals surface area contributed by atoms with Crippen molar-refractivity contribution in [3.63, 3.8) is 0 Å². The standard InChI is InChI=1S/C23H25N5O4S/c24-18(22(30)31)10-11-28(13-14-4-2-1-3-5-14)16-8-6-15(7-9-16)19-12-17(20(25)29)21(33-19)27-23(26)32/h1-9,12,18H,10-11,13,24H2,(H2,25,29)(H,30,31)(H3,26,27,32)/t18-/m0/s1. The molecular formula is C23H25N5O4S. The molecule has 0 bridgehead atoms. The molecule has 0 aliphatic heterocycles. The molecule has 0 aliphatic carbocycles. The first-order valence-electron chi connectivity index (χ1n) is 10.1. The molecule has 0 saturated carbocycles. The van der Waals surface area contributed by atoms with E-state index in [1.54, 1.807) is 6.07 Å². The van der Waals surface area contributed by atoms with Crippen LogP contribution in [0.2, 0.25) is 0 Å². The van der Waals surface area contributed by atoms with Gasteiger partial charge in [0.25, 0.3) is 5.91 Å². The fourth-order valence-electron chi connectivity index (χ4n) is 3.28. The molecular weight excluding hydrogens is 442 g/mol. The highest BCUT2D eigenvalue weighted by atomic mass is 32.1. The number of thiophene rings is 1. The van der Waals surface area contributed by atoms with E-state index in [9.17, 15) is 14.4 Å². The van der Waals surface area contributed by atoms with Crippen LogP contribution in [0.15, 0.2) is 60.7 Å². The summed E-state index contributed by atoms with van der Waals surface area (Å²) in [6.45, 7) is 1.04. The summed E-state index contributed by atoms with van der Waals surface area (Å²) >= 11 is 1.20. The van der Waals surface area contributed by atoms with Gasteiger partial charge in [-0.2, -0.15) is 0 Å². The predicted molar refractivity (Wildman–Crippen MR) is 129 cm³/mol. The van der Waals surface area contributed by atoms with Gasteiger partial charge in [0.05, 0.1) is 5.56 Å². The highest BCUT2D eigenvalue weighted by molar-refractivity contribution is 7.20. The lowest BCUT2D eigenvalue weighted by atomic mass is 10.1. The first-order chi connectivity index (χ1) is 15.7. The van der Waals surface area contributed by atoms with Crippen molar-refractivity contribution in [2.45, 2.75) is 19.0 Å². The van der Waals surface area contributed by atoms with E-state index in [4.69, 9.17) is 22.3 Å². The Bertz CT molecular complexity index is 1130. The van der Waals surface area contributed by atoms with E-state index in [2.05, 4.69) is 10.2 Å². The highest BCUT2D eigenvalue weighted by Gasteiger charge is 2.18. The summed E-state index contributed by atoms with van der Waals surface area (Å²) in [5.41, 5.74) is 19.3. The lowest BCUT2D eigenvalue weighted by Crippen LogP contribution is -2.35. The van der Waals surface area contributed by atoms with Gasteiger partial charge in [-0.3, -0.25) is 14.9 Å². The van der Waals surface area contributed by atoms with Crippen molar-refractivity contribution in [2.75, 3.05) is 16.8 Å². The van der Waals surface area contributed by atoms with E-state index in [1.165, 1.54) is 11.3 Å². The Kier molecular flexibility index (Phi) is 7.65. The van der Waals surface area contributed by atoms with E-state index in [0.29, 0.717) is 24.5 Å². The topological polar surface area (TPSA) is 165 Å². The number of carboxylic acid groups (broad SMARTS) is 1. The molecule has 0 spiro atoms. The maximum atomic E-state index is 11.7. The van der Waals surface area contributed by atoms with E-state index in [0.717, 1.165) is 21.7 Å². The first kappa shape index (κ1) is 23.8. The molecule has 3 rings (SSSR count). The molecule has 2 aromatic carbocycles. The van der Waals surface area contributed by atoms with Crippen LogP contribution >= 0.6 is 11.3 Å². The summed E-state index contributed by atoms with van der Waals surface area (Å²) in [6, 6.07) is 17.3. The van der Waals surface area contributed by atoms with Gasteiger partial charge in [-0.15, -0.1) is 11.3 Å². The van der Waals surface area contributed by atoms with Gasteiger partial charge in [-0.25, -0.2) is 4.79 Å². The van der Waals surface area contributed by atoms with Gasteiger partial charge >= 0.3 is 12.0 Å². The number of amides is 3. The second kappa shape index (κ2) is 10.6. The maximum absolute atomic E-state index is 11.7. The molecule has 1 heterocycles. The summed E-state index contributed by atoms with van der Waals surface area (Å²) in [5, 5.41) is 11.8. The van der Waals surface area contributed by atoms with Crippen LogP contribution in [-0.4, -0.2) is 35.6 Å². The molecule has 8 N–H and O–H groups in total. The van der Waals surface area contributed by atoms with Gasteiger partial charge < -0.3 is 27.2 Å². The van der Waals surface area contributed by atoms with Gasteiger partial charge in [0, 0.05) is 23.7 Å². The van der Waals surface area contributed by atoms with Crippen molar-refractivity contribution < 1.29 is 19.5 Å². The monoisotopic (exact) mass is 467 g/mol. The number of nitrogens with two attached hydrogens (primary N) is 3. The van der Waals surface area contributed by atoms with E-state index >= 15 is 0 Å². The van der Waals surface area contributed by atoms with Crippen LogP contribution in [0.1, 0.15) is 22.3 Å². The largest absolute Gasteiger partial charge is 0.480 e. The number of urea groups is 1. The minimum atomic E-state index is -1.03. The van der Waals surface area contributed by atoms with Gasteiger partial charge in [0.15, 0.2) is 0 Å². The zero-order valence-electron chi connectivity index (χ0n) is 17.7. The first-order valence-corrected chi connectivity index (χ1v) is 10.9. The number of carbonyl (C=O) groups is 3. The second-order valence-electron chi connectivity index (χ2n) is 7.39. The molecule has 0 radical (unpaired) electrons. The average Bonchev–Trinajstić information content (AvgIpc) is 3.20. The lowest BCUT2D eigenvalue weighted by molar-refractivity contribution is -0.138. The van der Waals surface area contributed by atoms with Gasteiger partial charge in [-0.05, 0) is 35.7 Å². The third kappa shape index (κ3) is 6.31. The van der Waals surface area contributed by atoms with Gasteiger partial charge in [0.1, 0.15) is 11.0 Å². The minimum Gasteiger partial charge on any atom is -0.480 e. The zero-order valence-corrected chi connectivity index (χ0v) is 18.5. The number of nitrogens with one attached hydrogen (secondary N) is 1. The number of aliphatic carboxylic acids is 1. The van der Waals surface area contributed by atoms with Crippen molar-refractivity contribution >= 4 is 39.9 Å². The second-order valence-corrected chi connectivity index (χ2v) is 8.45. The Balaban J connectivity index is 1.85. The van der Waals surface area contributed by atoms with Crippen LogP contribution in [0.5, 0.6) is 0 Å². The fraction of sp³-hybridized carbons (Fsp3) is 0.174. The van der Waals surface area contributed by atoms with Crippen LogP contribution in [-0.2, 0) is 11.3 Å². The number of carboxylic acids is 1. The SMILES string of the molecule is NC(=O)Nc1sc(-c2ccc(N(CC[C@H](N)C(=O)O)Cc3ccccc3)cc2)cc1C(N)=O. The number of nitrogens with zero attached hydrogens (tertiary/aromatic N) is 1. The van der Waals surface area contributed by atoms with Crippen molar-refractivity contribution in [3.8, 4) is 10.4 Å². The van der Waals surface area contributed by atoms with Crippen LogP contribution in [0, 0.1) is 0 Å². The smallest absolute Gasteiger partial charge is 0.320 e. The highest BCUT2D eigenvalue weighted by Crippen LogP contribution is 2.36. The average molecular weight is 468 g/mol. The summed E-state index contributed by atoms with van der Waals surface area (Å²) in [7, 11) is 0. The predicted octanol–water partition coefficient (Wildman–Crippen LogP) is 2.81. The molecule has 0 fully saturated rings. The number of benzene rings is 2. The van der Waals surface area contributed by atoms with Crippen molar-refractivity contribution in [1.29, 1.82) is 0 Å². The number of carbonyl (C=O) groups excluding carboxylic acids is 2. The van der Waals surface area contributed by atoms with Crippen LogP contribution in [0.3, 0.4) is 0 Å². The maximum Gasteiger partial charge on any atom is 0.320 e. The molecule has 0 unspecified atom stereocenters. The molecule has 3 aromatic rings. The number of anilines is 2. The van der Waals surface area contributed by atoms with Crippen LogP contribution in [0.4, 0.5) is 15.5 Å². The molecule has 172 valence electrons. The van der Waals surface area contributed by atoms with Crippen molar-refractivity contribution in [1.82, 2.24) is 0 Å². The number of hydrogen-bond donors (Lipinski definition) is 5. The molecule has 33 heavy (non-hydrogen) atoms. The molecule has 0 saturated heterocycles. The zero-order chi connectivity index (χ0) is 24.0. The van der Waals surface area contributed by atoms with E-state index in [1.807, 2.05) is 54.6 Å². The van der Waals surface area contributed by atoms with E-state index in [-0.39, 0.29) is 5.56 Å². The normalized spacial score (nSPS) is 11.5. The fourth-order valence-corrected chi connectivity index (χ4v) is 4.35. The summed E-state index contributed by atoms with van der Waals surface area (Å²) in [6.07, 6.45) is 0.291. The van der Waals surface area contributed by atoms with Crippen molar-refractivity contribution in [3.05, 3.63) is 71.8 Å². The lowest BCUT2D eigenvalue weighted by Gasteiger charge is -2.26. The number of rotatable bonds is 10. The molecule has 0 aliphatic rings. The molecule has 9 nitrogen and oxygen atoms in total. The number of primary amides is 2. The Hall–Kier alpha value is -3.89. The Morgan fingerprint density at radius 2 is 1.70 bits per heavy atom. The van der Waals surface area contributed by atoms with Crippen molar-refractivity contribution in [2.24, 2.45) is 17.2 Å². The molecule has 1 atom stereocenters. The third-order valence-electron chi connectivity index (χ3n) is 4.99. The van der Waals surface area contributed by atoms with Crippen LogP contribution in [0.25, 0.3) is 10.4 Å². The van der Waals surface area contributed by atoms with Gasteiger partial charge in [0.2, 0.25) is 0 Å². The summed E-state index contributed by atoms with van der Waals surface area (Å²) < 4.78 is 0. The third-order valence-corrected chi connectivity index (χ3v) is 6.09. The molecule has 3 amide bonds. The summed E-state index contributed by atoms with van der Waals surface area (Å²) in [5.74, 6) is -1.70.